The topological polar surface area (TPSA) is 58.2 Å². The summed E-state index contributed by atoms with van der Waals surface area (Å²) in [5, 5.41) is 5.24. The summed E-state index contributed by atoms with van der Waals surface area (Å²) in [6.45, 7) is 5.74. The molecule has 4 nitrogen and oxygen atoms in total. The quantitative estimate of drug-likeness (QED) is 0.831. The highest BCUT2D eigenvalue weighted by molar-refractivity contribution is 6.43. The highest BCUT2D eigenvalue weighted by atomic mass is 16.2. The summed E-state index contributed by atoms with van der Waals surface area (Å²) >= 11 is 0. The molecule has 2 amide bonds. The van der Waals surface area contributed by atoms with Crippen LogP contribution in [-0.4, -0.2) is 11.8 Å². The first kappa shape index (κ1) is 14.8. The number of anilines is 2. The second kappa shape index (κ2) is 6.22. The van der Waals surface area contributed by atoms with Gasteiger partial charge in [0.15, 0.2) is 0 Å². The minimum Gasteiger partial charge on any atom is -0.318 e. The van der Waals surface area contributed by atoms with Crippen LogP contribution in [0, 0.1) is 20.8 Å². The normalized spacial score (nSPS) is 10.0. The molecular weight excluding hydrogens is 264 g/mol. The first-order valence-electron chi connectivity index (χ1n) is 6.72. The lowest BCUT2D eigenvalue weighted by atomic mass is 10.1. The predicted molar refractivity (Wildman–Crippen MR) is 84.4 cm³/mol. The molecule has 0 fully saturated rings. The van der Waals surface area contributed by atoms with E-state index in [-0.39, 0.29) is 0 Å². The van der Waals surface area contributed by atoms with Gasteiger partial charge in [0.1, 0.15) is 0 Å². The van der Waals surface area contributed by atoms with Crippen LogP contribution in [0.5, 0.6) is 0 Å². The van der Waals surface area contributed by atoms with Gasteiger partial charge < -0.3 is 10.6 Å². The Morgan fingerprint density at radius 2 is 1.29 bits per heavy atom. The van der Waals surface area contributed by atoms with E-state index in [1.54, 1.807) is 12.1 Å². The SMILES string of the molecule is Cc1ccc(NC(=O)C(=O)Nc2c(C)cccc2C)cc1. The maximum atomic E-state index is 12.0. The summed E-state index contributed by atoms with van der Waals surface area (Å²) < 4.78 is 0. The van der Waals surface area contributed by atoms with E-state index in [4.69, 9.17) is 0 Å². The van der Waals surface area contributed by atoms with Crippen molar-refractivity contribution >= 4 is 23.2 Å². The number of aryl methyl sites for hydroxylation is 3. The Morgan fingerprint density at radius 3 is 1.86 bits per heavy atom. The van der Waals surface area contributed by atoms with Crippen molar-refractivity contribution < 1.29 is 9.59 Å². The number of carbonyl (C=O) groups excluding carboxylic acids is 2. The van der Waals surface area contributed by atoms with Crippen LogP contribution in [0.15, 0.2) is 42.5 Å². The van der Waals surface area contributed by atoms with Gasteiger partial charge in [0.05, 0.1) is 0 Å². The summed E-state index contributed by atoms with van der Waals surface area (Å²) in [4.78, 5) is 23.9. The standard InChI is InChI=1S/C17H18N2O2/c1-11-7-9-14(10-8-11)18-16(20)17(21)19-15-12(2)5-4-6-13(15)3/h4-10H,1-3H3,(H,18,20)(H,19,21). The van der Waals surface area contributed by atoms with Gasteiger partial charge >= 0.3 is 11.8 Å². The second-order valence-electron chi connectivity index (χ2n) is 5.04. The van der Waals surface area contributed by atoms with Crippen LogP contribution in [0.1, 0.15) is 16.7 Å². The molecule has 0 aliphatic heterocycles. The maximum Gasteiger partial charge on any atom is 0.314 e. The molecule has 108 valence electrons. The predicted octanol–water partition coefficient (Wildman–Crippen LogP) is 3.19. The van der Waals surface area contributed by atoms with E-state index in [0.717, 1.165) is 16.7 Å². The van der Waals surface area contributed by atoms with Gasteiger partial charge in [0.2, 0.25) is 0 Å². The Bertz CT molecular complexity index is 655. The monoisotopic (exact) mass is 282 g/mol. The molecule has 2 N–H and O–H groups in total. The molecule has 0 spiro atoms. The number of hydrogen-bond acceptors (Lipinski definition) is 2. The third-order valence-electron chi connectivity index (χ3n) is 3.24. The van der Waals surface area contributed by atoms with Crippen molar-refractivity contribution in [3.05, 3.63) is 59.2 Å². The molecule has 0 heterocycles. The molecule has 0 bridgehead atoms. The van der Waals surface area contributed by atoms with Crippen molar-refractivity contribution in [2.45, 2.75) is 20.8 Å². The first-order chi connectivity index (χ1) is 9.97. The molecular formula is C17H18N2O2. The smallest absolute Gasteiger partial charge is 0.314 e. The summed E-state index contributed by atoms with van der Waals surface area (Å²) in [6.07, 6.45) is 0. The fourth-order valence-corrected chi connectivity index (χ4v) is 2.01. The lowest BCUT2D eigenvalue weighted by Gasteiger charge is -2.11. The van der Waals surface area contributed by atoms with Gasteiger partial charge in [-0.1, -0.05) is 35.9 Å². The fourth-order valence-electron chi connectivity index (χ4n) is 2.01. The maximum absolute atomic E-state index is 12.0. The van der Waals surface area contributed by atoms with Crippen LogP contribution in [0.25, 0.3) is 0 Å². The molecule has 0 atom stereocenters. The van der Waals surface area contributed by atoms with Crippen LogP contribution >= 0.6 is 0 Å². The molecule has 2 aromatic carbocycles. The van der Waals surface area contributed by atoms with Gasteiger partial charge in [-0.15, -0.1) is 0 Å². The Balaban J connectivity index is 2.06. The van der Waals surface area contributed by atoms with E-state index >= 15 is 0 Å². The molecule has 2 aromatic rings. The summed E-state index contributed by atoms with van der Waals surface area (Å²) in [7, 11) is 0. The highest BCUT2D eigenvalue weighted by Crippen LogP contribution is 2.19. The fraction of sp³-hybridized carbons (Fsp3) is 0.176. The first-order valence-corrected chi connectivity index (χ1v) is 6.72. The molecule has 0 saturated heterocycles. The third-order valence-corrected chi connectivity index (χ3v) is 3.24. The molecule has 0 aromatic heterocycles. The Hall–Kier alpha value is -2.62. The van der Waals surface area contributed by atoms with E-state index in [1.165, 1.54) is 0 Å². The van der Waals surface area contributed by atoms with Gasteiger partial charge in [-0.05, 0) is 44.0 Å². The van der Waals surface area contributed by atoms with Gasteiger partial charge in [-0.3, -0.25) is 9.59 Å². The number of hydrogen-bond donors (Lipinski definition) is 2. The van der Waals surface area contributed by atoms with Crippen molar-refractivity contribution in [1.82, 2.24) is 0 Å². The molecule has 0 saturated carbocycles. The van der Waals surface area contributed by atoms with Crippen LogP contribution < -0.4 is 10.6 Å². The Morgan fingerprint density at radius 1 is 0.762 bits per heavy atom. The molecule has 4 heteroatoms. The van der Waals surface area contributed by atoms with Gasteiger partial charge in [-0.2, -0.15) is 0 Å². The van der Waals surface area contributed by atoms with E-state index in [2.05, 4.69) is 10.6 Å². The Labute approximate surface area is 124 Å². The lowest BCUT2D eigenvalue weighted by molar-refractivity contribution is -0.133. The average molecular weight is 282 g/mol. The minimum atomic E-state index is -0.679. The van der Waals surface area contributed by atoms with Crippen molar-refractivity contribution in [2.24, 2.45) is 0 Å². The zero-order valence-electron chi connectivity index (χ0n) is 12.4. The van der Waals surface area contributed by atoms with Crippen LogP contribution in [0.2, 0.25) is 0 Å². The third kappa shape index (κ3) is 3.69. The number of amides is 2. The molecule has 2 rings (SSSR count). The van der Waals surface area contributed by atoms with Crippen molar-refractivity contribution in [1.29, 1.82) is 0 Å². The van der Waals surface area contributed by atoms with E-state index in [0.29, 0.717) is 11.4 Å². The van der Waals surface area contributed by atoms with Gasteiger partial charge in [-0.25, -0.2) is 0 Å². The largest absolute Gasteiger partial charge is 0.318 e. The summed E-state index contributed by atoms with van der Waals surface area (Å²) in [5.41, 5.74) is 4.22. The van der Waals surface area contributed by atoms with Gasteiger partial charge in [0, 0.05) is 11.4 Å². The molecule has 0 aliphatic carbocycles. The number of rotatable bonds is 2. The average Bonchev–Trinajstić information content (AvgIpc) is 2.45. The Kier molecular flexibility index (Phi) is 4.38. The number of carbonyl (C=O) groups is 2. The van der Waals surface area contributed by atoms with E-state index < -0.39 is 11.8 Å². The van der Waals surface area contributed by atoms with Crippen LogP contribution in [0.4, 0.5) is 11.4 Å². The van der Waals surface area contributed by atoms with Crippen molar-refractivity contribution in [3.63, 3.8) is 0 Å². The molecule has 0 aliphatic rings. The highest BCUT2D eigenvalue weighted by Gasteiger charge is 2.15. The molecule has 0 unspecified atom stereocenters. The number of nitrogens with one attached hydrogen (secondary N) is 2. The van der Waals surface area contributed by atoms with Gasteiger partial charge in [0.25, 0.3) is 0 Å². The van der Waals surface area contributed by atoms with Crippen LogP contribution in [-0.2, 0) is 9.59 Å². The van der Waals surface area contributed by atoms with Crippen molar-refractivity contribution in [3.8, 4) is 0 Å². The second-order valence-corrected chi connectivity index (χ2v) is 5.04. The number of para-hydroxylation sites is 1. The number of benzene rings is 2. The summed E-state index contributed by atoms with van der Waals surface area (Å²) in [5.74, 6) is -1.35. The zero-order valence-corrected chi connectivity index (χ0v) is 12.4. The van der Waals surface area contributed by atoms with Crippen LogP contribution in [0.3, 0.4) is 0 Å². The molecule has 21 heavy (non-hydrogen) atoms. The van der Waals surface area contributed by atoms with Crippen molar-refractivity contribution in [2.75, 3.05) is 10.6 Å². The van der Waals surface area contributed by atoms with E-state index in [9.17, 15) is 9.59 Å². The molecule has 0 radical (unpaired) electrons. The minimum absolute atomic E-state index is 0.599. The summed E-state index contributed by atoms with van der Waals surface area (Å²) in [6, 6.07) is 13.0. The zero-order chi connectivity index (χ0) is 15.4. The van der Waals surface area contributed by atoms with E-state index in [1.807, 2.05) is 51.1 Å². The lowest BCUT2D eigenvalue weighted by Crippen LogP contribution is -2.29.